The standard InChI is InChI=1S/C44H79NO8/c1-3-5-7-9-11-13-15-17-18-19-20-22-23-25-27-29-31-33-38(47)37(36-52-44-43(51)42(50)41(49)39(35-46)53-44)45-40(48)34-32-30-28-26-24-21-16-14-12-10-8-6-4-2/h6,8,12,14,21,24,28,30,37-39,41-44,46-47,49-51H,3-5,7,9-11,13,15-20,22-23,25-27,29,31-36H2,1-2H3,(H,45,48)/b8-6-,14-12-,24-21-,30-28-. The predicted molar refractivity (Wildman–Crippen MR) is 216 cm³/mol. The summed E-state index contributed by atoms with van der Waals surface area (Å²) in [7, 11) is 0. The summed E-state index contributed by atoms with van der Waals surface area (Å²) in [6, 6.07) is -0.756. The van der Waals surface area contributed by atoms with Crippen LogP contribution in [0.5, 0.6) is 0 Å². The van der Waals surface area contributed by atoms with E-state index in [0.29, 0.717) is 12.8 Å². The third-order valence-electron chi connectivity index (χ3n) is 9.96. The van der Waals surface area contributed by atoms with Crippen molar-refractivity contribution in [3.8, 4) is 0 Å². The first-order valence-corrected chi connectivity index (χ1v) is 21.3. The first-order valence-electron chi connectivity index (χ1n) is 21.3. The Morgan fingerprint density at radius 2 is 1.13 bits per heavy atom. The molecule has 1 fully saturated rings. The summed E-state index contributed by atoms with van der Waals surface area (Å²) >= 11 is 0. The molecule has 6 N–H and O–H groups in total. The number of hydrogen-bond donors (Lipinski definition) is 6. The molecule has 7 atom stereocenters. The highest BCUT2D eigenvalue weighted by Crippen LogP contribution is 2.23. The van der Waals surface area contributed by atoms with Gasteiger partial charge in [0.1, 0.15) is 24.4 Å². The SMILES string of the molecule is CC/C=C\C/C=C\C/C=C\C/C=C\CCC(=O)NC(COC1OC(CO)C(O)C(O)C1O)C(O)CCCCCCCCCCCCCCCCCCC. The van der Waals surface area contributed by atoms with Crippen LogP contribution in [-0.4, -0.2) is 87.5 Å². The highest BCUT2D eigenvalue weighted by atomic mass is 16.7. The normalized spacial score (nSPS) is 22.1. The van der Waals surface area contributed by atoms with Crippen LogP contribution in [0.15, 0.2) is 48.6 Å². The second-order valence-electron chi connectivity index (χ2n) is 14.8. The zero-order valence-electron chi connectivity index (χ0n) is 33.5. The van der Waals surface area contributed by atoms with E-state index in [2.05, 4.69) is 55.6 Å². The smallest absolute Gasteiger partial charge is 0.220 e. The van der Waals surface area contributed by atoms with Gasteiger partial charge in [-0.1, -0.05) is 172 Å². The summed E-state index contributed by atoms with van der Waals surface area (Å²) in [5, 5.41) is 54.1. The zero-order chi connectivity index (χ0) is 38.8. The lowest BCUT2D eigenvalue weighted by Crippen LogP contribution is -2.60. The van der Waals surface area contributed by atoms with E-state index in [4.69, 9.17) is 9.47 Å². The van der Waals surface area contributed by atoms with Gasteiger partial charge in [-0.25, -0.2) is 0 Å². The lowest BCUT2D eigenvalue weighted by molar-refractivity contribution is -0.302. The number of aliphatic hydroxyl groups is 5. The quantitative estimate of drug-likeness (QED) is 0.0285. The van der Waals surface area contributed by atoms with Crippen LogP contribution >= 0.6 is 0 Å². The number of rotatable bonds is 34. The highest BCUT2D eigenvalue weighted by Gasteiger charge is 2.44. The Labute approximate surface area is 323 Å². The number of ether oxygens (including phenoxy) is 2. The molecule has 0 aromatic heterocycles. The fourth-order valence-electron chi connectivity index (χ4n) is 6.52. The minimum Gasteiger partial charge on any atom is -0.394 e. The molecule has 1 amide bonds. The summed E-state index contributed by atoms with van der Waals surface area (Å²) in [5.41, 5.74) is 0. The minimum atomic E-state index is -1.56. The molecule has 1 rings (SSSR count). The molecule has 0 aliphatic carbocycles. The van der Waals surface area contributed by atoms with Crippen molar-refractivity contribution in [2.75, 3.05) is 13.2 Å². The van der Waals surface area contributed by atoms with E-state index in [0.717, 1.165) is 44.9 Å². The van der Waals surface area contributed by atoms with E-state index in [-0.39, 0.29) is 18.9 Å². The van der Waals surface area contributed by atoms with Crippen molar-refractivity contribution in [1.82, 2.24) is 5.32 Å². The maximum Gasteiger partial charge on any atom is 0.220 e. The van der Waals surface area contributed by atoms with Crippen LogP contribution in [-0.2, 0) is 14.3 Å². The monoisotopic (exact) mass is 750 g/mol. The summed E-state index contributed by atoms with van der Waals surface area (Å²) < 4.78 is 11.2. The third kappa shape index (κ3) is 25.8. The van der Waals surface area contributed by atoms with Gasteiger partial charge in [0.2, 0.25) is 5.91 Å². The van der Waals surface area contributed by atoms with Crippen LogP contribution in [0.2, 0.25) is 0 Å². The maximum atomic E-state index is 12.9. The number of hydrogen-bond acceptors (Lipinski definition) is 8. The van der Waals surface area contributed by atoms with Gasteiger partial charge in [-0.2, -0.15) is 0 Å². The number of allylic oxidation sites excluding steroid dienone is 8. The molecule has 0 saturated carbocycles. The third-order valence-corrected chi connectivity index (χ3v) is 9.96. The van der Waals surface area contributed by atoms with Gasteiger partial charge in [0.15, 0.2) is 6.29 Å². The van der Waals surface area contributed by atoms with Crippen molar-refractivity contribution in [1.29, 1.82) is 0 Å². The Hall–Kier alpha value is -1.85. The molecule has 1 aliphatic heterocycles. The summed E-state index contributed by atoms with van der Waals surface area (Å²) in [6.45, 7) is 3.66. The van der Waals surface area contributed by atoms with E-state index in [9.17, 15) is 30.3 Å². The topological polar surface area (TPSA) is 149 Å². The fourth-order valence-corrected chi connectivity index (χ4v) is 6.52. The van der Waals surface area contributed by atoms with Crippen molar-refractivity contribution in [2.45, 2.75) is 211 Å². The Bertz CT molecular complexity index is 967. The largest absolute Gasteiger partial charge is 0.394 e. The molecule has 0 aromatic rings. The average molecular weight is 750 g/mol. The van der Waals surface area contributed by atoms with Crippen molar-refractivity contribution in [2.24, 2.45) is 0 Å². The highest BCUT2D eigenvalue weighted by molar-refractivity contribution is 5.76. The van der Waals surface area contributed by atoms with Gasteiger partial charge in [0.05, 0.1) is 25.4 Å². The molecule has 9 nitrogen and oxygen atoms in total. The molecule has 1 saturated heterocycles. The number of carbonyl (C=O) groups is 1. The van der Waals surface area contributed by atoms with Crippen LogP contribution in [0.4, 0.5) is 0 Å². The van der Waals surface area contributed by atoms with Crippen LogP contribution < -0.4 is 5.32 Å². The van der Waals surface area contributed by atoms with Gasteiger partial charge in [0, 0.05) is 6.42 Å². The molecular formula is C44H79NO8. The van der Waals surface area contributed by atoms with Gasteiger partial charge in [-0.05, 0) is 38.5 Å². The van der Waals surface area contributed by atoms with E-state index < -0.39 is 49.5 Å². The molecule has 1 aliphatic rings. The molecule has 308 valence electrons. The van der Waals surface area contributed by atoms with Crippen molar-refractivity contribution in [3.63, 3.8) is 0 Å². The van der Waals surface area contributed by atoms with Crippen molar-refractivity contribution in [3.05, 3.63) is 48.6 Å². The molecule has 0 bridgehead atoms. The number of aliphatic hydroxyl groups excluding tert-OH is 5. The van der Waals surface area contributed by atoms with Gasteiger partial charge >= 0.3 is 0 Å². The summed E-state index contributed by atoms with van der Waals surface area (Å²) in [5.74, 6) is -0.226. The minimum absolute atomic E-state index is 0.168. The first kappa shape index (κ1) is 49.2. The Morgan fingerprint density at radius 1 is 0.660 bits per heavy atom. The zero-order valence-corrected chi connectivity index (χ0v) is 33.5. The van der Waals surface area contributed by atoms with E-state index in [1.165, 1.54) is 89.9 Å². The van der Waals surface area contributed by atoms with E-state index >= 15 is 0 Å². The Morgan fingerprint density at radius 3 is 1.62 bits per heavy atom. The molecule has 0 spiro atoms. The van der Waals surface area contributed by atoms with E-state index in [1.54, 1.807) is 0 Å². The van der Waals surface area contributed by atoms with Gasteiger partial charge in [0.25, 0.3) is 0 Å². The number of nitrogens with one attached hydrogen (secondary N) is 1. The van der Waals surface area contributed by atoms with E-state index in [1.807, 2.05) is 12.2 Å². The maximum absolute atomic E-state index is 12.9. The van der Waals surface area contributed by atoms with Gasteiger partial charge in [-0.3, -0.25) is 4.79 Å². The number of unbranched alkanes of at least 4 members (excludes halogenated alkanes) is 16. The van der Waals surface area contributed by atoms with Gasteiger partial charge < -0.3 is 40.3 Å². The molecule has 0 aromatic carbocycles. The second kappa shape index (κ2) is 34.6. The molecule has 53 heavy (non-hydrogen) atoms. The number of amides is 1. The lowest BCUT2D eigenvalue weighted by atomic mass is 9.99. The van der Waals surface area contributed by atoms with Gasteiger partial charge in [-0.15, -0.1) is 0 Å². The summed E-state index contributed by atoms with van der Waals surface area (Å²) in [4.78, 5) is 12.9. The predicted octanol–water partition coefficient (Wildman–Crippen LogP) is 8.28. The Kier molecular flexibility index (Phi) is 32.1. The Balaban J connectivity index is 2.41. The van der Waals surface area contributed by atoms with Crippen molar-refractivity contribution >= 4 is 5.91 Å². The summed E-state index contributed by atoms with van der Waals surface area (Å²) in [6.07, 6.45) is 35.6. The van der Waals surface area contributed by atoms with Crippen LogP contribution in [0.25, 0.3) is 0 Å². The molecule has 9 heteroatoms. The van der Waals surface area contributed by atoms with Crippen LogP contribution in [0, 0.1) is 0 Å². The molecule has 1 heterocycles. The molecule has 7 unspecified atom stereocenters. The van der Waals surface area contributed by atoms with Crippen LogP contribution in [0.1, 0.15) is 168 Å². The lowest BCUT2D eigenvalue weighted by Gasteiger charge is -2.40. The number of carbonyl (C=O) groups excluding carboxylic acids is 1. The molecular weight excluding hydrogens is 670 g/mol. The average Bonchev–Trinajstić information content (AvgIpc) is 3.16. The molecule has 0 radical (unpaired) electrons. The van der Waals surface area contributed by atoms with Crippen LogP contribution in [0.3, 0.4) is 0 Å². The second-order valence-corrected chi connectivity index (χ2v) is 14.8. The first-order chi connectivity index (χ1) is 25.8. The van der Waals surface area contributed by atoms with Crippen molar-refractivity contribution < 1.29 is 39.8 Å². The fraction of sp³-hybridized carbons (Fsp3) is 0.795.